The van der Waals surface area contributed by atoms with E-state index in [9.17, 15) is 19.2 Å². The van der Waals surface area contributed by atoms with Crippen molar-refractivity contribution in [3.8, 4) is 0 Å². The molecule has 2 rings (SSSR count). The molecule has 2 aromatic rings. The van der Waals surface area contributed by atoms with E-state index in [1.807, 2.05) is 0 Å². The van der Waals surface area contributed by atoms with E-state index in [0.717, 1.165) is 33.4 Å². The maximum atomic E-state index is 11.8. The molecular weight excluding hydrogens is 280 g/mol. The van der Waals surface area contributed by atoms with Crippen LogP contribution in [0.4, 0.5) is 0 Å². The van der Waals surface area contributed by atoms with Crippen LogP contribution in [0.25, 0.3) is 9.40 Å². The van der Waals surface area contributed by atoms with Gasteiger partial charge in [0, 0.05) is 10.8 Å². The average molecular weight is 284 g/mol. The van der Waals surface area contributed by atoms with Crippen LogP contribution in [-0.4, -0.2) is 22.2 Å². The summed E-state index contributed by atoms with van der Waals surface area (Å²) in [4.78, 5) is 45.0. The molecular formula is C10H4O6S2. The highest BCUT2D eigenvalue weighted by atomic mass is 32.1. The number of hydrogen-bond acceptors (Lipinski definition) is 6. The number of carbonyl (C=O) groups is 2. The van der Waals surface area contributed by atoms with Crippen molar-refractivity contribution in [3.05, 3.63) is 42.3 Å². The predicted octanol–water partition coefficient (Wildman–Crippen LogP) is 1.08. The van der Waals surface area contributed by atoms with E-state index >= 15 is 0 Å². The van der Waals surface area contributed by atoms with Gasteiger partial charge in [0.15, 0.2) is 0 Å². The lowest BCUT2D eigenvalue weighted by Gasteiger charge is -1.98. The molecule has 0 amide bonds. The molecule has 0 radical (unpaired) electrons. The Morgan fingerprint density at radius 1 is 0.833 bits per heavy atom. The van der Waals surface area contributed by atoms with Gasteiger partial charge in [-0.1, -0.05) is 0 Å². The van der Waals surface area contributed by atoms with E-state index in [-0.39, 0.29) is 9.40 Å². The predicted molar refractivity (Wildman–Crippen MR) is 66.2 cm³/mol. The zero-order chi connectivity index (χ0) is 13.4. The molecule has 0 saturated carbocycles. The van der Waals surface area contributed by atoms with Gasteiger partial charge >= 0.3 is 11.9 Å². The minimum absolute atomic E-state index is 0.0325. The molecule has 0 aliphatic carbocycles. The molecule has 2 aromatic heterocycles. The fourth-order valence-corrected chi connectivity index (χ4v) is 3.31. The Labute approximate surface area is 106 Å². The summed E-state index contributed by atoms with van der Waals surface area (Å²) in [6, 6.07) is 0. The Balaban J connectivity index is 2.93. The van der Waals surface area contributed by atoms with Gasteiger partial charge in [0.05, 0.1) is 9.40 Å². The van der Waals surface area contributed by atoms with Gasteiger partial charge in [-0.15, -0.1) is 22.7 Å². The van der Waals surface area contributed by atoms with Gasteiger partial charge < -0.3 is 10.2 Å². The van der Waals surface area contributed by atoms with E-state index in [1.165, 1.54) is 0 Å². The lowest BCUT2D eigenvalue weighted by Crippen LogP contribution is -2.18. The third-order valence-electron chi connectivity index (χ3n) is 2.16. The molecule has 0 aromatic carbocycles. The van der Waals surface area contributed by atoms with E-state index in [0.29, 0.717) is 0 Å². The molecule has 0 aliphatic heterocycles. The van der Waals surface area contributed by atoms with E-state index in [1.54, 1.807) is 0 Å². The molecule has 0 aliphatic rings. The van der Waals surface area contributed by atoms with Gasteiger partial charge in [0.2, 0.25) is 10.9 Å². The topological polar surface area (TPSA) is 109 Å². The smallest absolute Gasteiger partial charge is 0.340 e. The number of fused-ring (bicyclic) bond motifs is 1. The summed E-state index contributed by atoms with van der Waals surface area (Å²) >= 11 is 1.52. The summed E-state index contributed by atoms with van der Waals surface area (Å²) in [5, 5.41) is 19.6. The summed E-state index contributed by atoms with van der Waals surface area (Å²) in [7, 11) is 0. The highest BCUT2D eigenvalue weighted by Crippen LogP contribution is 2.18. The molecule has 6 nitrogen and oxygen atoms in total. The van der Waals surface area contributed by atoms with Crippen molar-refractivity contribution in [1.82, 2.24) is 0 Å². The van der Waals surface area contributed by atoms with Gasteiger partial charge in [-0.05, 0) is 0 Å². The van der Waals surface area contributed by atoms with Crippen LogP contribution < -0.4 is 10.9 Å². The van der Waals surface area contributed by atoms with Crippen molar-refractivity contribution in [1.29, 1.82) is 0 Å². The molecule has 0 fully saturated rings. The third-order valence-corrected chi connectivity index (χ3v) is 4.24. The molecule has 18 heavy (non-hydrogen) atoms. The standard InChI is InChI=1S/C10H4O6S2/c11-5-3(9(13)14)1-17-7-6(12)4(10(15)16)2-18-8(5)7/h1-2H,(H,13,14)(H,15,16). The Kier molecular flexibility index (Phi) is 2.97. The lowest BCUT2D eigenvalue weighted by molar-refractivity contribution is 0.0685. The first-order valence-corrected chi connectivity index (χ1v) is 6.23. The number of carboxylic acid groups (broad SMARTS) is 2. The van der Waals surface area contributed by atoms with E-state index in [4.69, 9.17) is 10.2 Å². The maximum Gasteiger partial charge on any atom is 0.340 e. The molecule has 2 N–H and O–H groups in total. The highest BCUT2D eigenvalue weighted by Gasteiger charge is 2.17. The molecule has 2 heterocycles. The Morgan fingerprint density at radius 3 is 1.44 bits per heavy atom. The molecule has 0 unspecified atom stereocenters. The monoisotopic (exact) mass is 284 g/mol. The van der Waals surface area contributed by atoms with Crippen molar-refractivity contribution < 1.29 is 19.8 Å². The van der Waals surface area contributed by atoms with E-state index in [2.05, 4.69) is 0 Å². The SMILES string of the molecule is O=C(O)c1csc2c(=O)c(C(=O)O)csc2c1=O. The minimum Gasteiger partial charge on any atom is -0.478 e. The van der Waals surface area contributed by atoms with Crippen LogP contribution >= 0.6 is 22.7 Å². The number of carboxylic acids is 2. The lowest BCUT2D eigenvalue weighted by atomic mass is 10.2. The molecule has 92 valence electrons. The van der Waals surface area contributed by atoms with Crippen LogP contribution in [0.5, 0.6) is 0 Å². The second-order valence-corrected chi connectivity index (χ2v) is 4.98. The first-order valence-electron chi connectivity index (χ1n) is 4.47. The van der Waals surface area contributed by atoms with Crippen LogP contribution in [0.1, 0.15) is 20.7 Å². The molecule has 0 bridgehead atoms. The summed E-state index contributed by atoms with van der Waals surface area (Å²) in [5.41, 5.74) is -2.39. The van der Waals surface area contributed by atoms with Gasteiger partial charge in [-0.3, -0.25) is 9.59 Å². The second kappa shape index (κ2) is 4.31. The first-order chi connectivity index (χ1) is 8.43. The van der Waals surface area contributed by atoms with Crippen LogP contribution in [0.2, 0.25) is 0 Å². The Hall–Kier alpha value is -2.06. The summed E-state index contributed by atoms with van der Waals surface area (Å²) in [5.74, 6) is -2.75. The zero-order valence-electron chi connectivity index (χ0n) is 8.50. The molecule has 0 saturated heterocycles. The van der Waals surface area contributed by atoms with Crippen LogP contribution in [0, 0.1) is 0 Å². The van der Waals surface area contributed by atoms with Crippen LogP contribution in [0.3, 0.4) is 0 Å². The molecule has 0 spiro atoms. The number of hydrogen-bond donors (Lipinski definition) is 2. The molecule has 8 heteroatoms. The van der Waals surface area contributed by atoms with Crippen molar-refractivity contribution in [3.63, 3.8) is 0 Å². The highest BCUT2D eigenvalue weighted by molar-refractivity contribution is 7.24. The summed E-state index contributed by atoms with van der Waals surface area (Å²) < 4.78 is -0.0650. The van der Waals surface area contributed by atoms with Crippen LogP contribution in [-0.2, 0) is 0 Å². The van der Waals surface area contributed by atoms with Crippen molar-refractivity contribution in [2.45, 2.75) is 0 Å². The fourth-order valence-electron chi connectivity index (χ4n) is 1.30. The summed E-state index contributed by atoms with van der Waals surface area (Å²) in [6.07, 6.45) is 0. The maximum absolute atomic E-state index is 11.8. The quantitative estimate of drug-likeness (QED) is 0.854. The average Bonchev–Trinajstić information content (AvgIpc) is 2.29. The van der Waals surface area contributed by atoms with Crippen molar-refractivity contribution in [2.24, 2.45) is 0 Å². The minimum atomic E-state index is -1.37. The third kappa shape index (κ3) is 1.81. The molecule has 0 atom stereocenters. The van der Waals surface area contributed by atoms with E-state index < -0.39 is 33.9 Å². The largest absolute Gasteiger partial charge is 0.478 e. The van der Waals surface area contributed by atoms with Gasteiger partial charge in [0.1, 0.15) is 11.1 Å². The number of rotatable bonds is 2. The Bertz CT molecular complexity index is 718. The zero-order valence-corrected chi connectivity index (χ0v) is 10.1. The first kappa shape index (κ1) is 12.4. The second-order valence-electron chi connectivity index (χ2n) is 3.23. The van der Waals surface area contributed by atoms with Gasteiger partial charge in [-0.2, -0.15) is 0 Å². The van der Waals surface area contributed by atoms with Crippen LogP contribution in [0.15, 0.2) is 20.3 Å². The van der Waals surface area contributed by atoms with Gasteiger partial charge in [-0.25, -0.2) is 9.59 Å². The Morgan fingerprint density at radius 2 is 1.17 bits per heavy atom. The fraction of sp³-hybridized carbons (Fsp3) is 0. The van der Waals surface area contributed by atoms with Crippen molar-refractivity contribution >= 4 is 44.0 Å². The van der Waals surface area contributed by atoms with Crippen molar-refractivity contribution in [2.75, 3.05) is 0 Å². The summed E-state index contributed by atoms with van der Waals surface area (Å²) in [6.45, 7) is 0. The number of aromatic carboxylic acids is 2. The normalized spacial score (nSPS) is 10.4. The van der Waals surface area contributed by atoms with Gasteiger partial charge in [0.25, 0.3) is 0 Å².